The minimum Gasteiger partial charge on any atom is -0.462 e. The Hall–Kier alpha value is -2.51. The Morgan fingerprint density at radius 1 is 0.560 bits per heavy atom. The molecule has 0 radical (unpaired) electrons. The second-order valence-electron chi connectivity index (χ2n) is 12.6. The lowest BCUT2D eigenvalue weighted by atomic mass is 10.1. The van der Waals surface area contributed by atoms with E-state index in [0.29, 0.717) is 12.8 Å². The van der Waals surface area contributed by atoms with Crippen LogP contribution in [0.15, 0.2) is 72.9 Å². The van der Waals surface area contributed by atoms with Crippen molar-refractivity contribution in [3.63, 3.8) is 0 Å². The molecule has 8 nitrogen and oxygen atoms in total. The summed E-state index contributed by atoms with van der Waals surface area (Å²) in [7, 11) is -4.76. The average Bonchev–Trinajstić information content (AvgIpc) is 3.08. The number of hydrogen-bond donors (Lipinski definition) is 2. The summed E-state index contributed by atoms with van der Waals surface area (Å²) in [5, 5.41) is 0. The van der Waals surface area contributed by atoms with E-state index in [4.69, 9.17) is 19.3 Å². The first-order chi connectivity index (χ1) is 24.3. The summed E-state index contributed by atoms with van der Waals surface area (Å²) in [6, 6.07) is 0. The Morgan fingerprint density at radius 3 is 1.60 bits per heavy atom. The molecule has 286 valence electrons. The van der Waals surface area contributed by atoms with Crippen LogP contribution in [0, 0.1) is 0 Å². The number of carbonyl (C=O) groups excluding carboxylic acids is 2. The van der Waals surface area contributed by atoms with Crippen molar-refractivity contribution < 1.29 is 37.9 Å². The number of esters is 2. The van der Waals surface area contributed by atoms with Gasteiger partial charge in [-0.25, -0.2) is 4.57 Å². The molecule has 2 N–H and O–H groups in total. The quantitative estimate of drug-likeness (QED) is 0.0222. The second kappa shape index (κ2) is 36.3. The Balaban J connectivity index is 4.02. The zero-order chi connectivity index (χ0) is 36.8. The smallest absolute Gasteiger partial charge is 0.462 e. The van der Waals surface area contributed by atoms with Crippen molar-refractivity contribution in [2.75, 3.05) is 13.2 Å². The van der Waals surface area contributed by atoms with Gasteiger partial charge >= 0.3 is 19.8 Å². The number of hydrogen-bond acceptors (Lipinski definition) is 6. The molecular formula is C41H69O8P. The largest absolute Gasteiger partial charge is 0.469 e. The predicted molar refractivity (Wildman–Crippen MR) is 207 cm³/mol. The molecule has 0 aliphatic heterocycles. The molecule has 0 unspecified atom stereocenters. The van der Waals surface area contributed by atoms with Gasteiger partial charge in [0.25, 0.3) is 0 Å². The van der Waals surface area contributed by atoms with E-state index in [-0.39, 0.29) is 19.4 Å². The molecule has 0 saturated carbocycles. The normalized spacial score (nSPS) is 13.3. The van der Waals surface area contributed by atoms with E-state index in [9.17, 15) is 14.2 Å². The Bertz CT molecular complexity index is 1040. The van der Waals surface area contributed by atoms with Crippen molar-refractivity contribution >= 4 is 19.8 Å². The molecule has 0 amide bonds. The summed E-state index contributed by atoms with van der Waals surface area (Å²) in [6.07, 6.45) is 46.1. The third-order valence-corrected chi connectivity index (χ3v) is 8.29. The van der Waals surface area contributed by atoms with Gasteiger partial charge in [-0.05, 0) is 64.2 Å². The molecule has 0 spiro atoms. The van der Waals surface area contributed by atoms with Crippen molar-refractivity contribution in [2.45, 2.75) is 161 Å². The lowest BCUT2D eigenvalue weighted by Crippen LogP contribution is -2.29. The van der Waals surface area contributed by atoms with E-state index in [1.165, 1.54) is 44.9 Å². The minimum absolute atomic E-state index is 0.180. The van der Waals surface area contributed by atoms with Crippen molar-refractivity contribution in [3.05, 3.63) is 72.9 Å². The summed E-state index contributed by atoms with van der Waals surface area (Å²) in [4.78, 5) is 42.7. The molecule has 0 rings (SSSR count). The standard InChI is InChI=1S/C41H69O8P/c1-3-5-7-9-11-13-15-17-19-20-22-23-25-27-29-31-33-35-40(42)47-37-39(38-48-50(44,45)46)49-41(43)36-34-32-30-28-26-24-21-18-16-14-12-10-8-6-4-2/h6,8,10-14,16-19,21,39H,3-5,7,9,15,20,22-38H2,1-2H3,(H2,44,45,46)/b8-6+,12-10+,13-11+,16-14+,19-17+,21-18+/t39-/m1/s1. The maximum atomic E-state index is 12.4. The molecule has 0 aromatic heterocycles. The van der Waals surface area contributed by atoms with Gasteiger partial charge in [0.05, 0.1) is 6.61 Å². The molecule has 1 atom stereocenters. The highest BCUT2D eigenvalue weighted by Gasteiger charge is 2.22. The van der Waals surface area contributed by atoms with E-state index in [1.807, 2.05) is 36.5 Å². The molecule has 50 heavy (non-hydrogen) atoms. The third-order valence-electron chi connectivity index (χ3n) is 7.80. The first kappa shape index (κ1) is 47.5. The van der Waals surface area contributed by atoms with Crippen molar-refractivity contribution in [3.8, 4) is 0 Å². The number of phosphoric acid groups is 1. The Labute approximate surface area is 304 Å². The summed E-state index contributed by atoms with van der Waals surface area (Å²) in [5.41, 5.74) is 0. The summed E-state index contributed by atoms with van der Waals surface area (Å²) >= 11 is 0. The van der Waals surface area contributed by atoms with E-state index in [1.54, 1.807) is 0 Å². The van der Waals surface area contributed by atoms with Gasteiger partial charge in [-0.1, -0.05) is 151 Å². The maximum Gasteiger partial charge on any atom is 0.469 e. The summed E-state index contributed by atoms with van der Waals surface area (Å²) < 4.78 is 26.3. The Kier molecular flexibility index (Phi) is 34.5. The van der Waals surface area contributed by atoms with Gasteiger partial charge in [-0.2, -0.15) is 0 Å². The fraction of sp³-hybridized carbons (Fsp3) is 0.659. The van der Waals surface area contributed by atoms with Gasteiger partial charge in [-0.3, -0.25) is 14.1 Å². The molecule has 9 heteroatoms. The summed E-state index contributed by atoms with van der Waals surface area (Å²) in [5.74, 6) is -0.928. The molecule has 0 fully saturated rings. The minimum atomic E-state index is -4.76. The van der Waals surface area contributed by atoms with Crippen LogP contribution in [0.4, 0.5) is 0 Å². The number of phosphoric ester groups is 1. The van der Waals surface area contributed by atoms with Crippen LogP contribution in [0.2, 0.25) is 0 Å². The number of carbonyl (C=O) groups is 2. The zero-order valence-electron chi connectivity index (χ0n) is 31.3. The van der Waals surface area contributed by atoms with Gasteiger partial charge < -0.3 is 19.3 Å². The number of allylic oxidation sites excluding steroid dienone is 12. The van der Waals surface area contributed by atoms with Crippen LogP contribution in [0.1, 0.15) is 155 Å². The molecule has 0 saturated heterocycles. The van der Waals surface area contributed by atoms with Gasteiger partial charge in [0.15, 0.2) is 6.10 Å². The topological polar surface area (TPSA) is 119 Å². The lowest BCUT2D eigenvalue weighted by molar-refractivity contribution is -0.161. The monoisotopic (exact) mass is 720 g/mol. The van der Waals surface area contributed by atoms with Crippen LogP contribution < -0.4 is 0 Å². The number of ether oxygens (including phenoxy) is 2. The van der Waals surface area contributed by atoms with Gasteiger partial charge in [0.1, 0.15) is 6.61 Å². The SMILES string of the molecule is CC/C=C/C=C/C=C/C=C/CCCCCCCC(=O)O[C@H](COC(=O)CCCCCCCCC/C=C/C/C=C/CCCCC)COP(=O)(O)O. The Morgan fingerprint density at radius 2 is 1.04 bits per heavy atom. The van der Waals surface area contributed by atoms with E-state index < -0.39 is 32.5 Å². The third kappa shape index (κ3) is 38.3. The van der Waals surface area contributed by atoms with Crippen LogP contribution in [0.5, 0.6) is 0 Å². The first-order valence-corrected chi connectivity index (χ1v) is 20.8. The van der Waals surface area contributed by atoms with Gasteiger partial charge in [0.2, 0.25) is 0 Å². The molecule has 0 aliphatic carbocycles. The number of rotatable bonds is 34. The highest BCUT2D eigenvalue weighted by molar-refractivity contribution is 7.46. The van der Waals surface area contributed by atoms with Crippen LogP contribution in [-0.4, -0.2) is 41.0 Å². The van der Waals surface area contributed by atoms with Crippen molar-refractivity contribution in [1.29, 1.82) is 0 Å². The van der Waals surface area contributed by atoms with Gasteiger partial charge in [0, 0.05) is 12.8 Å². The van der Waals surface area contributed by atoms with Gasteiger partial charge in [-0.15, -0.1) is 0 Å². The van der Waals surface area contributed by atoms with E-state index in [2.05, 4.69) is 54.8 Å². The van der Waals surface area contributed by atoms with Crippen LogP contribution in [-0.2, 0) is 28.2 Å². The van der Waals surface area contributed by atoms with Crippen molar-refractivity contribution in [2.24, 2.45) is 0 Å². The molecule has 0 aliphatic rings. The fourth-order valence-corrected chi connectivity index (χ4v) is 5.30. The zero-order valence-corrected chi connectivity index (χ0v) is 32.2. The molecular weight excluding hydrogens is 651 g/mol. The maximum absolute atomic E-state index is 12.4. The van der Waals surface area contributed by atoms with Crippen LogP contribution in [0.3, 0.4) is 0 Å². The highest BCUT2D eigenvalue weighted by atomic mass is 31.2. The average molecular weight is 721 g/mol. The summed E-state index contributed by atoms with van der Waals surface area (Å²) in [6.45, 7) is 3.48. The predicted octanol–water partition coefficient (Wildman–Crippen LogP) is 11.5. The first-order valence-electron chi connectivity index (χ1n) is 19.3. The van der Waals surface area contributed by atoms with Crippen LogP contribution >= 0.6 is 7.82 Å². The lowest BCUT2D eigenvalue weighted by Gasteiger charge is -2.18. The molecule has 0 heterocycles. The molecule has 0 bridgehead atoms. The molecule has 0 aromatic rings. The van der Waals surface area contributed by atoms with E-state index in [0.717, 1.165) is 70.6 Å². The highest BCUT2D eigenvalue weighted by Crippen LogP contribution is 2.36. The number of unbranched alkanes of at least 4 members (excludes halogenated alkanes) is 15. The second-order valence-corrected chi connectivity index (χ2v) is 13.8. The fourth-order valence-electron chi connectivity index (χ4n) is 4.94. The van der Waals surface area contributed by atoms with Crippen LogP contribution in [0.25, 0.3) is 0 Å². The molecule has 0 aromatic carbocycles. The van der Waals surface area contributed by atoms with E-state index >= 15 is 0 Å². The van der Waals surface area contributed by atoms with Crippen molar-refractivity contribution in [1.82, 2.24) is 0 Å².